The van der Waals surface area contributed by atoms with Crippen molar-refractivity contribution in [1.82, 2.24) is 0 Å². The highest BCUT2D eigenvalue weighted by Gasteiger charge is 1.93. The maximum atomic E-state index is 9.98. The lowest BCUT2D eigenvalue weighted by atomic mass is 10.1. The number of carbonyl (C=O) groups is 1. The molecule has 0 aromatic carbocycles. The molecule has 3 heteroatoms. The summed E-state index contributed by atoms with van der Waals surface area (Å²) in [5.41, 5.74) is 0. The Bertz CT molecular complexity index is 132. The number of aliphatic carboxylic acids is 1. The quantitative estimate of drug-likeness (QED) is 0.744. The predicted octanol–water partition coefficient (Wildman–Crippen LogP) is 2.64. The maximum absolute atomic E-state index is 9.98. The molecule has 0 aliphatic carbocycles. The van der Waals surface area contributed by atoms with Crippen molar-refractivity contribution in [2.24, 2.45) is 5.92 Å². The first-order valence-corrected chi connectivity index (χ1v) is 3.56. The fraction of sp³-hybridized carbons (Fsp3) is 0.625. The second-order valence-electron chi connectivity index (χ2n) is 2.49. The first kappa shape index (κ1) is 13.3. The Labute approximate surface area is 78.1 Å². The van der Waals surface area contributed by atoms with Crippen LogP contribution in [-0.2, 0) is 4.79 Å². The first-order valence-electron chi connectivity index (χ1n) is 3.56. The van der Waals surface area contributed by atoms with E-state index in [4.69, 9.17) is 5.11 Å². The summed E-state index contributed by atoms with van der Waals surface area (Å²) in [4.78, 5) is 9.98. The Morgan fingerprint density at radius 2 is 2.18 bits per heavy atom. The topological polar surface area (TPSA) is 37.3 Å². The summed E-state index contributed by atoms with van der Waals surface area (Å²) in [6.45, 7) is 4.20. The van der Waals surface area contributed by atoms with Gasteiger partial charge in [-0.1, -0.05) is 26.3 Å². The van der Waals surface area contributed by atoms with Crippen LogP contribution in [0.2, 0.25) is 0 Å². The molecule has 1 N–H and O–H groups in total. The molecule has 0 bridgehead atoms. The van der Waals surface area contributed by atoms with Crippen LogP contribution >= 0.6 is 17.0 Å². The van der Waals surface area contributed by atoms with Gasteiger partial charge in [-0.3, -0.25) is 0 Å². The smallest absolute Gasteiger partial charge is 0.327 e. The zero-order valence-electron chi connectivity index (χ0n) is 6.91. The van der Waals surface area contributed by atoms with Crippen LogP contribution in [0.25, 0.3) is 0 Å². The normalized spacial score (nSPS) is 12.5. The van der Waals surface area contributed by atoms with Crippen LogP contribution in [0.1, 0.15) is 26.7 Å². The second-order valence-corrected chi connectivity index (χ2v) is 2.49. The van der Waals surface area contributed by atoms with Crippen LogP contribution in [0.3, 0.4) is 0 Å². The lowest BCUT2D eigenvalue weighted by Crippen LogP contribution is -1.90. The monoisotopic (exact) mass is 222 g/mol. The van der Waals surface area contributed by atoms with Crippen LogP contribution in [0.4, 0.5) is 0 Å². The Morgan fingerprint density at radius 1 is 1.64 bits per heavy atom. The molecule has 1 atom stereocenters. The largest absolute Gasteiger partial charge is 0.478 e. The van der Waals surface area contributed by atoms with Crippen molar-refractivity contribution < 1.29 is 9.90 Å². The molecular weight excluding hydrogens is 208 g/mol. The SMILES string of the molecule is Br.CCC(C)CC=CC(=O)O. The van der Waals surface area contributed by atoms with E-state index in [2.05, 4.69) is 13.8 Å². The van der Waals surface area contributed by atoms with Crippen molar-refractivity contribution >= 4 is 23.0 Å². The van der Waals surface area contributed by atoms with E-state index in [9.17, 15) is 4.79 Å². The number of hydrogen-bond donors (Lipinski definition) is 1. The molecule has 2 nitrogen and oxygen atoms in total. The molecule has 0 radical (unpaired) electrons. The van der Waals surface area contributed by atoms with Gasteiger partial charge in [-0.25, -0.2) is 4.79 Å². The van der Waals surface area contributed by atoms with E-state index < -0.39 is 5.97 Å². The lowest BCUT2D eigenvalue weighted by molar-refractivity contribution is -0.131. The number of carboxylic acid groups (broad SMARTS) is 1. The molecule has 0 aromatic rings. The Balaban J connectivity index is 0. The zero-order chi connectivity index (χ0) is 7.98. The summed E-state index contributed by atoms with van der Waals surface area (Å²) >= 11 is 0. The first-order chi connectivity index (χ1) is 4.66. The second kappa shape index (κ2) is 7.79. The molecule has 0 amide bonds. The summed E-state index contributed by atoms with van der Waals surface area (Å²) in [5.74, 6) is -0.265. The zero-order valence-corrected chi connectivity index (χ0v) is 8.62. The molecule has 0 rings (SSSR count). The van der Waals surface area contributed by atoms with Crippen molar-refractivity contribution in [1.29, 1.82) is 0 Å². The van der Waals surface area contributed by atoms with E-state index in [0.717, 1.165) is 12.8 Å². The number of rotatable bonds is 4. The molecule has 0 aliphatic rings. The van der Waals surface area contributed by atoms with Gasteiger partial charge in [-0.2, -0.15) is 0 Å². The molecule has 11 heavy (non-hydrogen) atoms. The molecule has 0 heterocycles. The standard InChI is InChI=1S/C8H14O2.BrH/c1-3-7(2)5-4-6-8(9)10;/h4,6-7H,3,5H2,1-2H3,(H,9,10);1H. The number of carboxylic acids is 1. The Morgan fingerprint density at radius 3 is 2.55 bits per heavy atom. The van der Waals surface area contributed by atoms with Crippen LogP contribution in [0, 0.1) is 5.92 Å². The molecule has 0 fully saturated rings. The van der Waals surface area contributed by atoms with Gasteiger partial charge in [0.15, 0.2) is 0 Å². The summed E-state index contributed by atoms with van der Waals surface area (Å²) in [6, 6.07) is 0. The molecule has 0 aliphatic heterocycles. The summed E-state index contributed by atoms with van der Waals surface area (Å²) in [6.07, 6.45) is 4.87. The minimum absolute atomic E-state index is 0. The van der Waals surface area contributed by atoms with Crippen LogP contribution in [0.5, 0.6) is 0 Å². The van der Waals surface area contributed by atoms with E-state index in [1.54, 1.807) is 6.08 Å². The lowest BCUT2D eigenvalue weighted by Gasteiger charge is -2.00. The van der Waals surface area contributed by atoms with E-state index in [1.807, 2.05) is 0 Å². The third-order valence-corrected chi connectivity index (χ3v) is 1.50. The van der Waals surface area contributed by atoms with Gasteiger partial charge in [0.2, 0.25) is 0 Å². The Kier molecular flexibility index (Phi) is 9.42. The highest BCUT2D eigenvalue weighted by atomic mass is 79.9. The molecule has 1 unspecified atom stereocenters. The van der Waals surface area contributed by atoms with Crippen LogP contribution < -0.4 is 0 Å². The molecule has 0 saturated carbocycles. The fourth-order valence-corrected chi connectivity index (χ4v) is 0.568. The van der Waals surface area contributed by atoms with Crippen LogP contribution in [0.15, 0.2) is 12.2 Å². The average Bonchev–Trinajstić information content (AvgIpc) is 1.87. The fourth-order valence-electron chi connectivity index (χ4n) is 0.568. The van der Waals surface area contributed by atoms with Gasteiger partial charge in [0.1, 0.15) is 0 Å². The molecular formula is C8H15BrO2. The van der Waals surface area contributed by atoms with Crippen molar-refractivity contribution in [2.75, 3.05) is 0 Å². The maximum Gasteiger partial charge on any atom is 0.327 e. The molecule has 0 aromatic heterocycles. The number of hydrogen-bond acceptors (Lipinski definition) is 1. The Hall–Kier alpha value is -0.310. The average molecular weight is 223 g/mol. The van der Waals surface area contributed by atoms with E-state index >= 15 is 0 Å². The highest BCUT2D eigenvalue weighted by Crippen LogP contribution is 2.05. The number of allylic oxidation sites excluding steroid dienone is 1. The summed E-state index contributed by atoms with van der Waals surface area (Å²) in [7, 11) is 0. The molecule has 0 spiro atoms. The van der Waals surface area contributed by atoms with Crippen molar-refractivity contribution in [2.45, 2.75) is 26.7 Å². The minimum atomic E-state index is -0.858. The van der Waals surface area contributed by atoms with Crippen LogP contribution in [-0.4, -0.2) is 11.1 Å². The number of halogens is 1. The van der Waals surface area contributed by atoms with Gasteiger partial charge in [-0.05, 0) is 12.3 Å². The molecule has 0 saturated heterocycles. The third-order valence-electron chi connectivity index (χ3n) is 1.50. The van der Waals surface area contributed by atoms with Gasteiger partial charge in [0.05, 0.1) is 0 Å². The van der Waals surface area contributed by atoms with Crippen molar-refractivity contribution in [3.8, 4) is 0 Å². The van der Waals surface area contributed by atoms with E-state index in [0.29, 0.717) is 5.92 Å². The summed E-state index contributed by atoms with van der Waals surface area (Å²) < 4.78 is 0. The van der Waals surface area contributed by atoms with Gasteiger partial charge in [0.25, 0.3) is 0 Å². The van der Waals surface area contributed by atoms with Crippen molar-refractivity contribution in [3.63, 3.8) is 0 Å². The van der Waals surface area contributed by atoms with Gasteiger partial charge in [-0.15, -0.1) is 17.0 Å². The third kappa shape index (κ3) is 9.69. The van der Waals surface area contributed by atoms with E-state index in [1.165, 1.54) is 6.08 Å². The van der Waals surface area contributed by atoms with Gasteiger partial charge < -0.3 is 5.11 Å². The summed E-state index contributed by atoms with van der Waals surface area (Å²) in [5, 5.41) is 8.21. The van der Waals surface area contributed by atoms with E-state index in [-0.39, 0.29) is 17.0 Å². The van der Waals surface area contributed by atoms with Crippen molar-refractivity contribution in [3.05, 3.63) is 12.2 Å². The molecule has 66 valence electrons. The van der Waals surface area contributed by atoms with Gasteiger partial charge >= 0.3 is 5.97 Å². The highest BCUT2D eigenvalue weighted by molar-refractivity contribution is 8.93. The van der Waals surface area contributed by atoms with Gasteiger partial charge in [0, 0.05) is 6.08 Å². The minimum Gasteiger partial charge on any atom is -0.478 e. The predicted molar refractivity (Wildman–Crippen MR) is 51.2 cm³/mol.